The number of hydrogen-bond acceptors (Lipinski definition) is 5. The third kappa shape index (κ3) is 3.44. The van der Waals surface area contributed by atoms with Crippen LogP contribution in [-0.2, 0) is 14.6 Å². The van der Waals surface area contributed by atoms with Gasteiger partial charge in [0.15, 0.2) is 9.84 Å². The van der Waals surface area contributed by atoms with E-state index in [4.69, 9.17) is 0 Å². The summed E-state index contributed by atoms with van der Waals surface area (Å²) in [4.78, 5) is 37.9. The third-order valence-electron chi connectivity index (χ3n) is 4.63. The van der Waals surface area contributed by atoms with E-state index in [1.165, 1.54) is 0 Å². The number of amides is 3. The molecule has 3 amide bonds. The zero-order chi connectivity index (χ0) is 18.4. The minimum absolute atomic E-state index is 0.0277. The van der Waals surface area contributed by atoms with Gasteiger partial charge in [0.1, 0.15) is 0 Å². The number of rotatable bonds is 4. The normalized spacial score (nSPS) is 24.5. The maximum absolute atomic E-state index is 12.4. The zero-order valence-corrected chi connectivity index (χ0v) is 15.0. The van der Waals surface area contributed by atoms with Crippen molar-refractivity contribution < 1.29 is 22.8 Å². The molecule has 25 heavy (non-hydrogen) atoms. The van der Waals surface area contributed by atoms with E-state index in [0.29, 0.717) is 17.5 Å². The van der Waals surface area contributed by atoms with Gasteiger partial charge in [0.2, 0.25) is 5.91 Å². The second-order valence-electron chi connectivity index (χ2n) is 7.01. The molecule has 2 heterocycles. The highest BCUT2D eigenvalue weighted by Gasteiger charge is 2.40. The molecule has 3 rings (SSSR count). The highest BCUT2D eigenvalue weighted by Crippen LogP contribution is 2.25. The molecule has 0 bridgehead atoms. The number of imide groups is 1. The largest absolute Gasteiger partial charge is 0.350 e. The summed E-state index contributed by atoms with van der Waals surface area (Å²) in [7, 11) is -3.12. The highest BCUT2D eigenvalue weighted by atomic mass is 32.2. The Morgan fingerprint density at radius 1 is 1.24 bits per heavy atom. The van der Waals surface area contributed by atoms with E-state index in [1.54, 1.807) is 25.1 Å². The molecular weight excluding hydrogens is 344 g/mol. The minimum Gasteiger partial charge on any atom is -0.350 e. The van der Waals surface area contributed by atoms with Crippen molar-refractivity contribution >= 4 is 27.6 Å². The van der Waals surface area contributed by atoms with Crippen molar-refractivity contribution in [1.82, 2.24) is 10.2 Å². The lowest BCUT2D eigenvalue weighted by atomic mass is 10.0. The molecule has 0 saturated carbocycles. The zero-order valence-electron chi connectivity index (χ0n) is 14.2. The van der Waals surface area contributed by atoms with Gasteiger partial charge < -0.3 is 5.32 Å². The van der Waals surface area contributed by atoms with Crippen LogP contribution in [0.25, 0.3) is 0 Å². The molecule has 1 atom stereocenters. The van der Waals surface area contributed by atoms with E-state index in [1.807, 2.05) is 6.92 Å². The fourth-order valence-corrected chi connectivity index (χ4v) is 5.42. The van der Waals surface area contributed by atoms with Gasteiger partial charge in [0.05, 0.1) is 28.2 Å². The summed E-state index contributed by atoms with van der Waals surface area (Å²) in [5, 5.41) is 2.73. The molecule has 7 nitrogen and oxygen atoms in total. The summed E-state index contributed by atoms with van der Waals surface area (Å²) >= 11 is 0. The van der Waals surface area contributed by atoms with Crippen LogP contribution >= 0.6 is 0 Å². The van der Waals surface area contributed by atoms with Crippen molar-refractivity contribution in [3.05, 3.63) is 34.9 Å². The second kappa shape index (κ2) is 5.94. The summed E-state index contributed by atoms with van der Waals surface area (Å²) in [6, 6.07) is 5.05. The Morgan fingerprint density at radius 2 is 1.92 bits per heavy atom. The molecule has 1 saturated heterocycles. The summed E-state index contributed by atoms with van der Waals surface area (Å²) in [6.07, 6.45) is 0.313. The van der Waals surface area contributed by atoms with E-state index < -0.39 is 27.2 Å². The average Bonchev–Trinajstić information content (AvgIpc) is 2.91. The number of carbonyl (C=O) groups excluding carboxylic acids is 3. The summed E-state index contributed by atoms with van der Waals surface area (Å²) in [6.45, 7) is 3.50. The van der Waals surface area contributed by atoms with Gasteiger partial charge in [-0.25, -0.2) is 8.42 Å². The monoisotopic (exact) mass is 364 g/mol. The summed E-state index contributed by atoms with van der Waals surface area (Å²) in [5.41, 5.74) is 0.814. The van der Waals surface area contributed by atoms with Crippen molar-refractivity contribution in [2.45, 2.75) is 32.2 Å². The molecule has 0 spiro atoms. The first kappa shape index (κ1) is 17.6. The van der Waals surface area contributed by atoms with Crippen molar-refractivity contribution in [1.29, 1.82) is 0 Å². The lowest BCUT2D eigenvalue weighted by Gasteiger charge is -2.24. The summed E-state index contributed by atoms with van der Waals surface area (Å²) < 4.78 is 23.2. The fraction of sp³-hybridized carbons (Fsp3) is 0.471. The Hall–Kier alpha value is -2.22. The number of benzene rings is 1. The molecule has 0 unspecified atom stereocenters. The standard InChI is InChI=1S/C17H20N2O5S/c1-11-3-4-12-13(9-11)16(22)19(15(12)21)7-5-14(20)18-17(2)6-8-25(23,24)10-17/h3-4,9H,5-8,10H2,1-2H3,(H,18,20)/t17-/m1/s1. The van der Waals surface area contributed by atoms with Crippen LogP contribution in [-0.4, -0.2) is 54.6 Å². The first-order valence-corrected chi connectivity index (χ1v) is 9.91. The van der Waals surface area contributed by atoms with Crippen LogP contribution in [0.4, 0.5) is 0 Å². The maximum Gasteiger partial charge on any atom is 0.261 e. The Kier molecular flexibility index (Phi) is 4.18. The Bertz CT molecular complexity index is 877. The minimum atomic E-state index is -3.12. The molecule has 1 N–H and O–H groups in total. The van der Waals surface area contributed by atoms with Crippen LogP contribution in [0.3, 0.4) is 0 Å². The quantitative estimate of drug-likeness (QED) is 0.792. The van der Waals surface area contributed by atoms with Gasteiger partial charge in [-0.2, -0.15) is 0 Å². The predicted molar refractivity (Wildman–Crippen MR) is 91.0 cm³/mol. The third-order valence-corrected chi connectivity index (χ3v) is 6.54. The van der Waals surface area contributed by atoms with Crippen molar-refractivity contribution in [3.8, 4) is 0 Å². The van der Waals surface area contributed by atoms with Crippen molar-refractivity contribution in [3.63, 3.8) is 0 Å². The van der Waals surface area contributed by atoms with Gasteiger partial charge in [0, 0.05) is 13.0 Å². The van der Waals surface area contributed by atoms with Gasteiger partial charge in [-0.1, -0.05) is 11.6 Å². The maximum atomic E-state index is 12.4. The molecule has 0 aliphatic carbocycles. The SMILES string of the molecule is Cc1ccc2c(c1)C(=O)N(CCC(=O)N[C@]1(C)CCS(=O)(=O)C1)C2=O. The van der Waals surface area contributed by atoms with Crippen LogP contribution < -0.4 is 5.32 Å². The number of sulfone groups is 1. The molecule has 1 fully saturated rings. The van der Waals surface area contributed by atoms with E-state index in [0.717, 1.165) is 10.5 Å². The molecule has 134 valence electrons. The number of nitrogens with one attached hydrogen (secondary N) is 1. The van der Waals surface area contributed by atoms with E-state index in [9.17, 15) is 22.8 Å². The smallest absolute Gasteiger partial charge is 0.261 e. The fourth-order valence-electron chi connectivity index (χ4n) is 3.33. The molecule has 2 aliphatic rings. The number of nitrogens with zero attached hydrogens (tertiary/aromatic N) is 1. The van der Waals surface area contributed by atoms with Crippen molar-refractivity contribution in [2.24, 2.45) is 0 Å². The second-order valence-corrected chi connectivity index (χ2v) is 9.20. The van der Waals surface area contributed by atoms with E-state index in [2.05, 4.69) is 5.32 Å². The summed E-state index contributed by atoms with van der Waals surface area (Å²) in [5.74, 6) is -1.19. The molecule has 0 aromatic heterocycles. The number of fused-ring (bicyclic) bond motifs is 1. The lowest BCUT2D eigenvalue weighted by Crippen LogP contribution is -2.47. The predicted octanol–water partition coefficient (Wildman–Crippen LogP) is 0.675. The van der Waals surface area contributed by atoms with Gasteiger partial charge >= 0.3 is 0 Å². The molecular formula is C17H20N2O5S. The van der Waals surface area contributed by atoms with Crippen LogP contribution in [0.1, 0.15) is 46.0 Å². The highest BCUT2D eigenvalue weighted by molar-refractivity contribution is 7.91. The molecule has 1 aromatic rings. The van der Waals surface area contributed by atoms with Crippen LogP contribution in [0.15, 0.2) is 18.2 Å². The van der Waals surface area contributed by atoms with E-state index in [-0.39, 0.29) is 30.4 Å². The Balaban J connectivity index is 1.62. The number of aryl methyl sites for hydroxylation is 1. The first-order valence-electron chi connectivity index (χ1n) is 8.09. The van der Waals surface area contributed by atoms with E-state index >= 15 is 0 Å². The van der Waals surface area contributed by atoms with Crippen LogP contribution in [0.5, 0.6) is 0 Å². The molecule has 1 aromatic carbocycles. The topological polar surface area (TPSA) is 101 Å². The van der Waals surface area contributed by atoms with Gasteiger partial charge in [-0.3, -0.25) is 19.3 Å². The molecule has 2 aliphatic heterocycles. The van der Waals surface area contributed by atoms with Gasteiger partial charge in [-0.05, 0) is 32.4 Å². The number of carbonyl (C=O) groups is 3. The lowest BCUT2D eigenvalue weighted by molar-refractivity contribution is -0.122. The Morgan fingerprint density at radius 3 is 2.56 bits per heavy atom. The Labute approximate surface area is 146 Å². The van der Waals surface area contributed by atoms with Crippen LogP contribution in [0.2, 0.25) is 0 Å². The average molecular weight is 364 g/mol. The van der Waals surface area contributed by atoms with Gasteiger partial charge in [0.25, 0.3) is 11.8 Å². The van der Waals surface area contributed by atoms with Gasteiger partial charge in [-0.15, -0.1) is 0 Å². The van der Waals surface area contributed by atoms with Crippen molar-refractivity contribution in [2.75, 3.05) is 18.1 Å². The molecule has 0 radical (unpaired) electrons. The first-order chi connectivity index (χ1) is 11.6. The molecule has 8 heteroatoms. The number of hydrogen-bond donors (Lipinski definition) is 1. The van der Waals surface area contributed by atoms with Crippen LogP contribution in [0, 0.1) is 6.92 Å².